The molecule has 0 aromatic carbocycles. The van der Waals surface area contributed by atoms with Gasteiger partial charge < -0.3 is 5.32 Å². The number of aromatic nitrogens is 1. The van der Waals surface area contributed by atoms with Gasteiger partial charge >= 0.3 is 0 Å². The van der Waals surface area contributed by atoms with Gasteiger partial charge in [0.2, 0.25) is 0 Å². The van der Waals surface area contributed by atoms with Crippen LogP contribution in [0.15, 0.2) is 21.4 Å². The Morgan fingerprint density at radius 3 is 2.73 bits per heavy atom. The maximum absolute atomic E-state index is 4.29. The van der Waals surface area contributed by atoms with Crippen molar-refractivity contribution >= 4 is 38.6 Å². The third-order valence-electron chi connectivity index (χ3n) is 2.17. The SMILES string of the molecule is CNC(c1cnc(C)s1)c1cscc1Br. The van der Waals surface area contributed by atoms with E-state index in [0.29, 0.717) is 0 Å². The zero-order chi connectivity index (χ0) is 10.8. The van der Waals surface area contributed by atoms with Crippen molar-refractivity contribution in [2.45, 2.75) is 13.0 Å². The van der Waals surface area contributed by atoms with E-state index in [1.54, 1.807) is 22.7 Å². The van der Waals surface area contributed by atoms with Crippen molar-refractivity contribution in [2.24, 2.45) is 0 Å². The Morgan fingerprint density at radius 2 is 2.27 bits per heavy atom. The van der Waals surface area contributed by atoms with Crippen LogP contribution < -0.4 is 5.32 Å². The van der Waals surface area contributed by atoms with E-state index in [0.717, 1.165) is 9.48 Å². The average molecular weight is 303 g/mol. The Labute approximate surface area is 106 Å². The topological polar surface area (TPSA) is 24.9 Å². The maximum atomic E-state index is 4.29. The van der Waals surface area contributed by atoms with Gasteiger partial charge in [-0.2, -0.15) is 11.3 Å². The molecule has 1 N–H and O–H groups in total. The number of nitrogens with zero attached hydrogens (tertiary/aromatic N) is 1. The van der Waals surface area contributed by atoms with E-state index in [4.69, 9.17) is 0 Å². The minimum Gasteiger partial charge on any atom is -0.309 e. The summed E-state index contributed by atoms with van der Waals surface area (Å²) in [4.78, 5) is 5.55. The van der Waals surface area contributed by atoms with Crippen LogP contribution in [0.2, 0.25) is 0 Å². The number of hydrogen-bond donors (Lipinski definition) is 1. The average Bonchev–Trinajstić information content (AvgIpc) is 2.79. The molecule has 0 bridgehead atoms. The molecule has 0 aliphatic rings. The molecular weight excluding hydrogens is 292 g/mol. The zero-order valence-electron chi connectivity index (χ0n) is 8.45. The molecule has 0 spiro atoms. The Hall–Kier alpha value is -0.230. The van der Waals surface area contributed by atoms with Gasteiger partial charge in [0.1, 0.15) is 0 Å². The zero-order valence-corrected chi connectivity index (χ0v) is 11.7. The van der Waals surface area contributed by atoms with Crippen molar-refractivity contribution in [1.82, 2.24) is 10.3 Å². The van der Waals surface area contributed by atoms with Crippen molar-refractivity contribution in [1.29, 1.82) is 0 Å². The van der Waals surface area contributed by atoms with E-state index in [1.807, 2.05) is 20.2 Å². The first kappa shape index (κ1) is 11.3. The molecule has 1 unspecified atom stereocenters. The molecule has 2 nitrogen and oxygen atoms in total. The van der Waals surface area contributed by atoms with E-state index in [-0.39, 0.29) is 6.04 Å². The monoisotopic (exact) mass is 302 g/mol. The van der Waals surface area contributed by atoms with Crippen molar-refractivity contribution in [3.63, 3.8) is 0 Å². The van der Waals surface area contributed by atoms with Gasteiger partial charge in [-0.1, -0.05) is 0 Å². The number of rotatable bonds is 3. The van der Waals surface area contributed by atoms with Crippen LogP contribution in [0, 0.1) is 6.92 Å². The number of halogens is 1. The second-order valence-corrected chi connectivity index (χ2v) is 6.04. The Bertz CT molecular complexity index is 450. The molecule has 2 rings (SSSR count). The summed E-state index contributed by atoms with van der Waals surface area (Å²) in [6.45, 7) is 2.03. The summed E-state index contributed by atoms with van der Waals surface area (Å²) in [6.07, 6.45) is 1.95. The van der Waals surface area contributed by atoms with Crippen molar-refractivity contribution in [3.8, 4) is 0 Å². The molecule has 0 aliphatic carbocycles. The van der Waals surface area contributed by atoms with Crippen LogP contribution in [0.25, 0.3) is 0 Å². The molecule has 2 aromatic rings. The highest BCUT2D eigenvalue weighted by Gasteiger charge is 2.17. The second-order valence-electron chi connectivity index (χ2n) is 3.18. The molecule has 0 aliphatic heterocycles. The molecule has 0 amide bonds. The molecule has 5 heteroatoms. The molecule has 0 radical (unpaired) electrons. The summed E-state index contributed by atoms with van der Waals surface area (Å²) in [5.74, 6) is 0. The van der Waals surface area contributed by atoms with Crippen LogP contribution >= 0.6 is 38.6 Å². The van der Waals surface area contributed by atoms with Crippen LogP contribution in [0.5, 0.6) is 0 Å². The fraction of sp³-hybridized carbons (Fsp3) is 0.300. The van der Waals surface area contributed by atoms with Gasteiger partial charge in [0.25, 0.3) is 0 Å². The van der Waals surface area contributed by atoms with Gasteiger partial charge in [-0.05, 0) is 40.8 Å². The summed E-state index contributed by atoms with van der Waals surface area (Å²) in [7, 11) is 1.98. The minimum atomic E-state index is 0.247. The normalized spacial score (nSPS) is 13.0. The molecule has 0 saturated carbocycles. The van der Waals surface area contributed by atoms with Crippen molar-refractivity contribution in [3.05, 3.63) is 36.9 Å². The van der Waals surface area contributed by atoms with E-state index < -0.39 is 0 Å². The fourth-order valence-corrected chi connectivity index (χ4v) is 3.93. The van der Waals surface area contributed by atoms with Crippen molar-refractivity contribution < 1.29 is 0 Å². The van der Waals surface area contributed by atoms with Crippen LogP contribution in [0.3, 0.4) is 0 Å². The van der Waals surface area contributed by atoms with Gasteiger partial charge in [-0.25, -0.2) is 4.98 Å². The minimum absolute atomic E-state index is 0.247. The molecule has 1 atom stereocenters. The predicted octanol–water partition coefficient (Wildman–Crippen LogP) is 3.58. The second kappa shape index (κ2) is 4.74. The van der Waals surface area contributed by atoms with Gasteiger partial charge in [-0.15, -0.1) is 11.3 Å². The maximum Gasteiger partial charge on any atom is 0.0897 e. The van der Waals surface area contributed by atoms with E-state index in [9.17, 15) is 0 Å². The Balaban J connectivity index is 2.36. The smallest absolute Gasteiger partial charge is 0.0897 e. The molecule has 0 fully saturated rings. The summed E-state index contributed by atoms with van der Waals surface area (Å²) < 4.78 is 1.16. The summed E-state index contributed by atoms with van der Waals surface area (Å²) >= 11 is 7.01. The number of hydrogen-bond acceptors (Lipinski definition) is 4. The quantitative estimate of drug-likeness (QED) is 0.937. The van der Waals surface area contributed by atoms with Crippen LogP contribution in [-0.2, 0) is 0 Å². The molecule has 15 heavy (non-hydrogen) atoms. The summed E-state index contributed by atoms with van der Waals surface area (Å²) in [6, 6.07) is 0.247. The van der Waals surface area contributed by atoms with Crippen LogP contribution in [0.1, 0.15) is 21.5 Å². The van der Waals surface area contributed by atoms with Crippen molar-refractivity contribution in [2.75, 3.05) is 7.05 Å². The largest absolute Gasteiger partial charge is 0.309 e. The highest BCUT2D eigenvalue weighted by molar-refractivity contribution is 9.10. The lowest BCUT2D eigenvalue weighted by Crippen LogP contribution is -2.16. The summed E-state index contributed by atoms with van der Waals surface area (Å²) in [5, 5.41) is 8.70. The highest BCUT2D eigenvalue weighted by Crippen LogP contribution is 2.33. The van der Waals surface area contributed by atoms with E-state index in [1.165, 1.54) is 10.4 Å². The van der Waals surface area contributed by atoms with E-state index >= 15 is 0 Å². The Morgan fingerprint density at radius 1 is 1.47 bits per heavy atom. The first-order valence-corrected chi connectivity index (χ1v) is 7.08. The number of nitrogens with one attached hydrogen (secondary N) is 1. The number of thiazole rings is 1. The van der Waals surface area contributed by atoms with Gasteiger partial charge in [0.05, 0.1) is 11.0 Å². The lowest BCUT2D eigenvalue weighted by molar-refractivity contribution is 0.702. The number of aryl methyl sites for hydroxylation is 1. The standard InChI is InChI=1S/C10H11BrN2S2/c1-6-13-3-9(15-6)10(12-2)7-4-14-5-8(7)11/h3-5,10,12H,1-2H3. The fourth-order valence-electron chi connectivity index (χ4n) is 1.46. The Kier molecular flexibility index (Phi) is 3.56. The molecule has 2 aromatic heterocycles. The first-order valence-electron chi connectivity index (χ1n) is 4.53. The molecular formula is C10H11BrN2S2. The third-order valence-corrected chi connectivity index (χ3v) is 4.89. The van der Waals surface area contributed by atoms with Crippen LogP contribution in [-0.4, -0.2) is 12.0 Å². The first-order chi connectivity index (χ1) is 7.22. The highest BCUT2D eigenvalue weighted by atomic mass is 79.9. The predicted molar refractivity (Wildman–Crippen MR) is 69.8 cm³/mol. The number of thiophene rings is 1. The van der Waals surface area contributed by atoms with Gasteiger partial charge in [0.15, 0.2) is 0 Å². The lowest BCUT2D eigenvalue weighted by Gasteiger charge is -2.13. The van der Waals surface area contributed by atoms with Crippen LogP contribution in [0.4, 0.5) is 0 Å². The van der Waals surface area contributed by atoms with E-state index in [2.05, 4.69) is 37.0 Å². The molecule has 80 valence electrons. The molecule has 2 heterocycles. The molecule has 0 saturated heterocycles. The van der Waals surface area contributed by atoms with Gasteiger partial charge in [0, 0.05) is 20.9 Å². The third kappa shape index (κ3) is 2.30. The van der Waals surface area contributed by atoms with Gasteiger partial charge in [-0.3, -0.25) is 0 Å². The summed E-state index contributed by atoms with van der Waals surface area (Å²) in [5.41, 5.74) is 1.28. The lowest BCUT2D eigenvalue weighted by atomic mass is 10.1.